The van der Waals surface area contributed by atoms with E-state index in [1.54, 1.807) is 36.4 Å². The molecule has 1 unspecified atom stereocenters. The number of carbonyl (C=O) groups is 2. The molecule has 3 aromatic carbocycles. The molecule has 0 aromatic heterocycles. The molecule has 33 heavy (non-hydrogen) atoms. The van der Waals surface area contributed by atoms with Gasteiger partial charge < -0.3 is 0 Å². The Balaban J connectivity index is 1.74. The first-order chi connectivity index (χ1) is 15.7. The molecule has 3 aromatic rings. The quantitative estimate of drug-likeness (QED) is 0.440. The van der Waals surface area contributed by atoms with E-state index in [2.05, 4.69) is 15.9 Å². The summed E-state index contributed by atoms with van der Waals surface area (Å²) in [6.45, 7) is 3.80. The Labute approximate surface area is 202 Å². The van der Waals surface area contributed by atoms with E-state index in [1.807, 2.05) is 38.1 Å². The van der Waals surface area contributed by atoms with Crippen LogP contribution in [0.3, 0.4) is 0 Å². The van der Waals surface area contributed by atoms with Gasteiger partial charge in [0.1, 0.15) is 6.04 Å². The first-order valence-corrected chi connectivity index (χ1v) is 12.7. The van der Waals surface area contributed by atoms with Crippen LogP contribution < -0.4 is 4.90 Å². The van der Waals surface area contributed by atoms with Crippen molar-refractivity contribution in [3.05, 3.63) is 94.0 Å². The Hall–Kier alpha value is -2.81. The topological polar surface area (TPSA) is 74.8 Å². The van der Waals surface area contributed by atoms with Crippen LogP contribution in [0.25, 0.3) is 0 Å². The molecule has 0 spiro atoms. The minimum absolute atomic E-state index is 0.0195. The lowest BCUT2D eigenvalue weighted by Gasteiger charge is -2.27. The fourth-order valence-corrected chi connectivity index (χ4v) is 5.62. The number of hydrogen-bond acceptors (Lipinski definition) is 4. The monoisotopic (exact) mass is 526 g/mol. The van der Waals surface area contributed by atoms with E-state index in [0.717, 1.165) is 30.4 Å². The number of aryl methyl sites for hydroxylation is 2. The molecule has 1 fully saturated rings. The Bertz CT molecular complexity index is 1290. The molecular weight excluding hydrogens is 504 g/mol. The summed E-state index contributed by atoms with van der Waals surface area (Å²) in [5, 5.41) is 0. The van der Waals surface area contributed by atoms with Crippen LogP contribution in [0.2, 0.25) is 0 Å². The van der Waals surface area contributed by atoms with Crippen molar-refractivity contribution >= 4 is 43.5 Å². The number of sulfonamides is 1. The second-order valence-corrected chi connectivity index (χ2v) is 10.9. The lowest BCUT2D eigenvalue weighted by molar-refractivity contribution is -0.122. The van der Waals surface area contributed by atoms with Gasteiger partial charge in [0, 0.05) is 11.0 Å². The Morgan fingerprint density at radius 2 is 1.42 bits per heavy atom. The number of rotatable bonds is 6. The summed E-state index contributed by atoms with van der Waals surface area (Å²) < 4.78 is 29.3. The summed E-state index contributed by atoms with van der Waals surface area (Å²) in [6, 6.07) is 19.6. The highest BCUT2D eigenvalue weighted by atomic mass is 79.9. The molecule has 1 atom stereocenters. The maximum atomic E-state index is 13.7. The van der Waals surface area contributed by atoms with Gasteiger partial charge >= 0.3 is 0 Å². The lowest BCUT2D eigenvalue weighted by Crippen LogP contribution is -2.45. The Kier molecular flexibility index (Phi) is 6.52. The molecule has 4 rings (SSSR count). The van der Waals surface area contributed by atoms with Gasteiger partial charge in [-0.15, -0.1) is 0 Å². The normalized spacial score (nSPS) is 16.6. The third-order valence-corrected chi connectivity index (χ3v) is 8.04. The van der Waals surface area contributed by atoms with Crippen molar-refractivity contribution < 1.29 is 18.0 Å². The Morgan fingerprint density at radius 1 is 0.879 bits per heavy atom. The van der Waals surface area contributed by atoms with Gasteiger partial charge in [-0.05, 0) is 55.8 Å². The number of amides is 2. The first-order valence-electron chi connectivity index (χ1n) is 10.4. The summed E-state index contributed by atoms with van der Waals surface area (Å²) in [7, 11) is -4.05. The van der Waals surface area contributed by atoms with E-state index in [1.165, 1.54) is 12.1 Å². The summed E-state index contributed by atoms with van der Waals surface area (Å²) in [5.74, 6) is -0.981. The van der Waals surface area contributed by atoms with E-state index in [-0.39, 0.29) is 17.9 Å². The minimum Gasteiger partial charge on any atom is -0.274 e. The van der Waals surface area contributed by atoms with Gasteiger partial charge in [-0.2, -0.15) is 4.31 Å². The summed E-state index contributed by atoms with van der Waals surface area (Å²) in [4.78, 5) is 27.4. The third kappa shape index (κ3) is 4.78. The van der Waals surface area contributed by atoms with Crippen molar-refractivity contribution in [2.45, 2.75) is 37.8 Å². The zero-order chi connectivity index (χ0) is 23.8. The van der Waals surface area contributed by atoms with E-state index in [0.29, 0.717) is 5.69 Å². The van der Waals surface area contributed by atoms with E-state index in [4.69, 9.17) is 0 Å². The SMILES string of the molecule is Cc1ccc(CN(C2CC(=O)N(c3ccc(Br)cc3)C2=O)S(=O)(=O)c2ccc(C)cc2)cc1. The van der Waals surface area contributed by atoms with Gasteiger partial charge in [-0.3, -0.25) is 9.59 Å². The van der Waals surface area contributed by atoms with Crippen molar-refractivity contribution in [2.75, 3.05) is 4.90 Å². The number of carbonyl (C=O) groups excluding carboxylic acids is 2. The highest BCUT2D eigenvalue weighted by molar-refractivity contribution is 9.10. The summed E-state index contributed by atoms with van der Waals surface area (Å²) in [6.07, 6.45) is -0.216. The second kappa shape index (κ2) is 9.21. The molecule has 1 aliphatic heterocycles. The molecular formula is C25H23BrN2O4S. The molecule has 2 amide bonds. The maximum Gasteiger partial charge on any atom is 0.252 e. The number of imide groups is 1. The predicted octanol–water partition coefficient (Wildman–Crippen LogP) is 4.59. The van der Waals surface area contributed by atoms with Crippen LogP contribution in [-0.2, 0) is 26.2 Å². The van der Waals surface area contributed by atoms with E-state index < -0.39 is 27.9 Å². The maximum absolute atomic E-state index is 13.7. The fraction of sp³-hybridized carbons (Fsp3) is 0.200. The van der Waals surface area contributed by atoms with Crippen LogP contribution >= 0.6 is 15.9 Å². The van der Waals surface area contributed by atoms with Crippen LogP contribution in [0.4, 0.5) is 5.69 Å². The molecule has 0 bridgehead atoms. The molecule has 0 aliphatic carbocycles. The zero-order valence-electron chi connectivity index (χ0n) is 18.2. The van der Waals surface area contributed by atoms with Gasteiger partial charge in [0.2, 0.25) is 15.9 Å². The van der Waals surface area contributed by atoms with Gasteiger partial charge in [0.15, 0.2) is 0 Å². The van der Waals surface area contributed by atoms with Crippen molar-refractivity contribution in [3.63, 3.8) is 0 Å². The van der Waals surface area contributed by atoms with Crippen LogP contribution in [0.5, 0.6) is 0 Å². The van der Waals surface area contributed by atoms with Crippen LogP contribution in [-0.4, -0.2) is 30.6 Å². The molecule has 1 saturated heterocycles. The van der Waals surface area contributed by atoms with E-state index in [9.17, 15) is 18.0 Å². The highest BCUT2D eigenvalue weighted by Crippen LogP contribution is 2.31. The fourth-order valence-electron chi connectivity index (χ4n) is 3.78. The zero-order valence-corrected chi connectivity index (χ0v) is 20.6. The number of halogens is 1. The molecule has 0 N–H and O–H groups in total. The lowest BCUT2D eigenvalue weighted by atomic mass is 10.1. The minimum atomic E-state index is -4.05. The average Bonchev–Trinajstić information content (AvgIpc) is 3.07. The summed E-state index contributed by atoms with van der Waals surface area (Å²) >= 11 is 3.34. The smallest absolute Gasteiger partial charge is 0.252 e. The predicted molar refractivity (Wildman–Crippen MR) is 130 cm³/mol. The number of anilines is 1. The second-order valence-electron chi connectivity index (χ2n) is 8.11. The molecule has 1 heterocycles. The van der Waals surface area contributed by atoms with Gasteiger partial charge in [-0.1, -0.05) is 63.5 Å². The number of hydrogen-bond donors (Lipinski definition) is 0. The standard InChI is InChI=1S/C25H23BrN2O4S/c1-17-3-7-19(8-4-17)16-27(33(31,32)22-13-5-18(2)6-14-22)23-15-24(29)28(25(23)30)21-11-9-20(26)10-12-21/h3-14,23H,15-16H2,1-2H3. The van der Waals surface area contributed by atoms with Crippen LogP contribution in [0.15, 0.2) is 82.2 Å². The van der Waals surface area contributed by atoms with Crippen molar-refractivity contribution in [3.8, 4) is 0 Å². The highest BCUT2D eigenvalue weighted by Gasteiger charge is 2.47. The average molecular weight is 527 g/mol. The number of nitrogens with zero attached hydrogens (tertiary/aromatic N) is 2. The molecule has 170 valence electrons. The third-order valence-electron chi connectivity index (χ3n) is 5.64. The molecule has 6 nitrogen and oxygen atoms in total. The van der Waals surface area contributed by atoms with Gasteiger partial charge in [-0.25, -0.2) is 13.3 Å². The summed E-state index contributed by atoms with van der Waals surface area (Å²) in [5.41, 5.74) is 3.12. The Morgan fingerprint density at radius 3 is 2.00 bits per heavy atom. The molecule has 0 radical (unpaired) electrons. The van der Waals surface area contributed by atoms with Gasteiger partial charge in [0.25, 0.3) is 5.91 Å². The van der Waals surface area contributed by atoms with Crippen molar-refractivity contribution in [1.29, 1.82) is 0 Å². The molecule has 1 aliphatic rings. The molecule has 0 saturated carbocycles. The van der Waals surface area contributed by atoms with Crippen LogP contribution in [0, 0.1) is 13.8 Å². The first kappa shape index (κ1) is 23.4. The number of benzene rings is 3. The van der Waals surface area contributed by atoms with Crippen molar-refractivity contribution in [1.82, 2.24) is 4.31 Å². The van der Waals surface area contributed by atoms with Crippen LogP contribution in [0.1, 0.15) is 23.1 Å². The largest absolute Gasteiger partial charge is 0.274 e. The molecule has 8 heteroatoms. The van der Waals surface area contributed by atoms with E-state index >= 15 is 0 Å². The van der Waals surface area contributed by atoms with Gasteiger partial charge in [0.05, 0.1) is 17.0 Å². The van der Waals surface area contributed by atoms with Crippen molar-refractivity contribution in [2.24, 2.45) is 0 Å².